The molecule has 1 unspecified atom stereocenters. The summed E-state index contributed by atoms with van der Waals surface area (Å²) in [6, 6.07) is 7.94. The lowest BCUT2D eigenvalue weighted by molar-refractivity contribution is -0.159. The van der Waals surface area contributed by atoms with Gasteiger partial charge in [-0.25, -0.2) is 4.79 Å². The smallest absolute Gasteiger partial charge is 0.336 e. The van der Waals surface area contributed by atoms with Crippen molar-refractivity contribution >= 4 is 5.97 Å². The molecule has 0 saturated carbocycles. The van der Waals surface area contributed by atoms with Gasteiger partial charge in [0.05, 0.1) is 0 Å². The molecule has 1 aliphatic rings. The summed E-state index contributed by atoms with van der Waals surface area (Å²) in [5.41, 5.74) is 7.50. The van der Waals surface area contributed by atoms with Gasteiger partial charge >= 0.3 is 5.97 Å². The fourth-order valence-corrected chi connectivity index (χ4v) is 2.15. The maximum Gasteiger partial charge on any atom is 0.336 e. The Labute approximate surface area is 100 Å². The summed E-state index contributed by atoms with van der Waals surface area (Å²) >= 11 is 0. The number of aliphatic hydroxyl groups is 1. The minimum absolute atomic E-state index is 0.104. The van der Waals surface area contributed by atoms with Crippen molar-refractivity contribution in [2.75, 3.05) is 6.54 Å². The van der Waals surface area contributed by atoms with Crippen LogP contribution >= 0.6 is 0 Å². The molecule has 0 saturated heterocycles. The van der Waals surface area contributed by atoms with Gasteiger partial charge in [0.2, 0.25) is 0 Å². The predicted octanol–water partition coefficient (Wildman–Crippen LogP) is 0.927. The SMILES string of the molecule is NC[C@H](O)C(=O)OC1CCCc2ccccc21. The average molecular weight is 235 g/mol. The topological polar surface area (TPSA) is 72.5 Å². The second kappa shape index (κ2) is 5.29. The molecule has 0 amide bonds. The fourth-order valence-electron chi connectivity index (χ4n) is 2.15. The van der Waals surface area contributed by atoms with Crippen molar-refractivity contribution in [2.24, 2.45) is 5.73 Å². The van der Waals surface area contributed by atoms with Gasteiger partial charge in [-0.1, -0.05) is 24.3 Å². The number of esters is 1. The summed E-state index contributed by atoms with van der Waals surface area (Å²) in [6.45, 7) is -0.104. The second-order valence-electron chi connectivity index (χ2n) is 4.27. The van der Waals surface area contributed by atoms with Crippen LogP contribution in [-0.2, 0) is 16.0 Å². The minimum Gasteiger partial charge on any atom is -0.456 e. The molecule has 0 aliphatic heterocycles. The van der Waals surface area contributed by atoms with Crippen LogP contribution in [0.3, 0.4) is 0 Å². The van der Waals surface area contributed by atoms with Gasteiger partial charge in [-0.3, -0.25) is 0 Å². The van der Waals surface area contributed by atoms with E-state index in [1.807, 2.05) is 18.2 Å². The molecule has 0 aromatic heterocycles. The summed E-state index contributed by atoms with van der Waals surface area (Å²) in [6.07, 6.45) is 1.36. The standard InChI is InChI=1S/C13H17NO3/c14-8-11(15)13(16)17-12-7-3-5-9-4-1-2-6-10(9)12/h1-2,4,6,11-12,15H,3,5,7-8,14H2/t11-,12?/m0/s1. The van der Waals surface area contributed by atoms with E-state index in [0.717, 1.165) is 24.8 Å². The van der Waals surface area contributed by atoms with Crippen LogP contribution < -0.4 is 5.73 Å². The first-order valence-corrected chi connectivity index (χ1v) is 5.89. The molecule has 1 aromatic carbocycles. The highest BCUT2D eigenvalue weighted by Gasteiger charge is 2.25. The number of nitrogens with two attached hydrogens (primary N) is 1. The monoisotopic (exact) mass is 235 g/mol. The van der Waals surface area contributed by atoms with E-state index in [-0.39, 0.29) is 12.6 Å². The van der Waals surface area contributed by atoms with E-state index < -0.39 is 12.1 Å². The molecule has 0 bridgehead atoms. The predicted molar refractivity (Wildman–Crippen MR) is 63.3 cm³/mol. The average Bonchev–Trinajstić information content (AvgIpc) is 2.38. The Balaban J connectivity index is 2.11. The van der Waals surface area contributed by atoms with Crippen LogP contribution in [0.15, 0.2) is 24.3 Å². The van der Waals surface area contributed by atoms with E-state index >= 15 is 0 Å². The number of carbonyl (C=O) groups excluding carboxylic acids is 1. The summed E-state index contributed by atoms with van der Waals surface area (Å²) < 4.78 is 5.30. The zero-order valence-electron chi connectivity index (χ0n) is 9.63. The van der Waals surface area contributed by atoms with Crippen LogP contribution in [0.2, 0.25) is 0 Å². The first kappa shape index (κ1) is 12.1. The first-order chi connectivity index (χ1) is 8.22. The Kier molecular flexibility index (Phi) is 3.76. The molecule has 4 heteroatoms. The van der Waals surface area contributed by atoms with E-state index in [1.165, 1.54) is 5.56 Å². The molecule has 0 spiro atoms. The van der Waals surface area contributed by atoms with Crippen LogP contribution in [0.25, 0.3) is 0 Å². The number of aliphatic hydroxyl groups excluding tert-OH is 1. The maximum atomic E-state index is 11.5. The third-order valence-corrected chi connectivity index (χ3v) is 3.07. The Morgan fingerprint density at radius 2 is 2.29 bits per heavy atom. The molecule has 0 fully saturated rings. The first-order valence-electron chi connectivity index (χ1n) is 5.89. The number of aryl methyl sites for hydroxylation is 1. The van der Waals surface area contributed by atoms with Crippen molar-refractivity contribution in [3.05, 3.63) is 35.4 Å². The quantitative estimate of drug-likeness (QED) is 0.764. The summed E-state index contributed by atoms with van der Waals surface area (Å²) in [5, 5.41) is 9.31. The van der Waals surface area contributed by atoms with Gasteiger partial charge in [-0.05, 0) is 30.4 Å². The molecule has 92 valence electrons. The largest absolute Gasteiger partial charge is 0.456 e. The number of benzene rings is 1. The van der Waals surface area contributed by atoms with E-state index in [0.29, 0.717) is 0 Å². The molecule has 17 heavy (non-hydrogen) atoms. The molecule has 1 aliphatic carbocycles. The molecule has 4 nitrogen and oxygen atoms in total. The van der Waals surface area contributed by atoms with Gasteiger partial charge in [0.25, 0.3) is 0 Å². The summed E-state index contributed by atoms with van der Waals surface area (Å²) in [5.74, 6) is -0.630. The highest BCUT2D eigenvalue weighted by atomic mass is 16.6. The van der Waals surface area contributed by atoms with Crippen LogP contribution in [0.4, 0.5) is 0 Å². The Bertz CT molecular complexity index is 405. The summed E-state index contributed by atoms with van der Waals surface area (Å²) in [4.78, 5) is 11.5. The van der Waals surface area contributed by atoms with E-state index in [9.17, 15) is 9.90 Å². The Morgan fingerprint density at radius 1 is 1.53 bits per heavy atom. The van der Waals surface area contributed by atoms with Gasteiger partial charge < -0.3 is 15.6 Å². The Morgan fingerprint density at radius 3 is 3.06 bits per heavy atom. The minimum atomic E-state index is -1.22. The van der Waals surface area contributed by atoms with Gasteiger partial charge in [0.1, 0.15) is 6.10 Å². The molecule has 3 N–H and O–H groups in total. The van der Waals surface area contributed by atoms with Gasteiger partial charge in [-0.2, -0.15) is 0 Å². The lowest BCUT2D eigenvalue weighted by Crippen LogP contribution is -2.32. The molecular weight excluding hydrogens is 218 g/mol. The van der Waals surface area contributed by atoms with E-state index in [2.05, 4.69) is 6.07 Å². The molecule has 2 rings (SSSR count). The van der Waals surface area contributed by atoms with Gasteiger partial charge in [0.15, 0.2) is 6.10 Å². The van der Waals surface area contributed by atoms with Crippen molar-refractivity contribution in [1.82, 2.24) is 0 Å². The van der Waals surface area contributed by atoms with Crippen LogP contribution in [0.5, 0.6) is 0 Å². The van der Waals surface area contributed by atoms with Crippen LogP contribution in [0, 0.1) is 0 Å². The molecular formula is C13H17NO3. The summed E-state index contributed by atoms with van der Waals surface area (Å²) in [7, 11) is 0. The van der Waals surface area contributed by atoms with Crippen LogP contribution in [0.1, 0.15) is 30.1 Å². The normalized spacial score (nSPS) is 20.5. The number of ether oxygens (including phenoxy) is 1. The third kappa shape index (κ3) is 2.65. The zero-order valence-corrected chi connectivity index (χ0v) is 9.63. The number of fused-ring (bicyclic) bond motifs is 1. The molecule has 0 heterocycles. The maximum absolute atomic E-state index is 11.5. The lowest BCUT2D eigenvalue weighted by Gasteiger charge is -2.26. The molecule has 0 radical (unpaired) electrons. The van der Waals surface area contributed by atoms with E-state index in [4.69, 9.17) is 10.5 Å². The second-order valence-corrected chi connectivity index (χ2v) is 4.27. The molecule has 1 aromatic rings. The van der Waals surface area contributed by atoms with Crippen molar-refractivity contribution < 1.29 is 14.6 Å². The highest BCUT2D eigenvalue weighted by Crippen LogP contribution is 2.32. The van der Waals surface area contributed by atoms with E-state index in [1.54, 1.807) is 0 Å². The van der Waals surface area contributed by atoms with Crippen LogP contribution in [-0.4, -0.2) is 23.7 Å². The van der Waals surface area contributed by atoms with Gasteiger partial charge in [-0.15, -0.1) is 0 Å². The third-order valence-electron chi connectivity index (χ3n) is 3.07. The number of carbonyl (C=O) groups is 1. The Hall–Kier alpha value is -1.39. The number of hydrogen-bond acceptors (Lipinski definition) is 4. The lowest BCUT2D eigenvalue weighted by atomic mass is 9.89. The number of hydrogen-bond donors (Lipinski definition) is 2. The van der Waals surface area contributed by atoms with Gasteiger partial charge in [0, 0.05) is 6.54 Å². The zero-order chi connectivity index (χ0) is 12.3. The fraction of sp³-hybridized carbons (Fsp3) is 0.462. The van der Waals surface area contributed by atoms with Crippen molar-refractivity contribution in [3.8, 4) is 0 Å². The molecule has 2 atom stereocenters. The number of rotatable bonds is 3. The highest BCUT2D eigenvalue weighted by molar-refractivity contribution is 5.75. The van der Waals surface area contributed by atoms with Crippen molar-refractivity contribution in [3.63, 3.8) is 0 Å². The van der Waals surface area contributed by atoms with Crippen molar-refractivity contribution in [1.29, 1.82) is 0 Å². The van der Waals surface area contributed by atoms with Crippen molar-refractivity contribution in [2.45, 2.75) is 31.5 Å².